The molecule has 0 aliphatic carbocycles. The molecule has 1 fully saturated rings. The van der Waals surface area contributed by atoms with Crippen LogP contribution in [-0.4, -0.2) is 40.6 Å². The van der Waals surface area contributed by atoms with E-state index in [0.29, 0.717) is 5.92 Å². The molecule has 2 heterocycles. The Morgan fingerprint density at radius 2 is 2.17 bits per heavy atom. The summed E-state index contributed by atoms with van der Waals surface area (Å²) in [5.41, 5.74) is 13.0. The number of rotatable bonds is 5. The number of nitrogens with two attached hydrogens (primary N) is 2. The van der Waals surface area contributed by atoms with Crippen molar-refractivity contribution in [1.29, 1.82) is 0 Å². The molecule has 4 N–H and O–H groups in total. The van der Waals surface area contributed by atoms with E-state index in [9.17, 15) is 4.79 Å². The largest absolute Gasteiger partial charge is 0.383 e. The Labute approximate surface area is 135 Å². The number of likely N-dealkylation sites (tertiary alicyclic amines) is 1. The lowest BCUT2D eigenvalue weighted by Gasteiger charge is -2.16. The molecular formula is C17H23N5O. The average molecular weight is 313 g/mol. The van der Waals surface area contributed by atoms with Crippen LogP contribution in [-0.2, 0) is 6.42 Å². The van der Waals surface area contributed by atoms with Crippen LogP contribution in [0.1, 0.15) is 12.0 Å². The second-order valence-electron chi connectivity index (χ2n) is 6.12. The maximum Gasteiger partial charge on any atom is 0.354 e. The van der Waals surface area contributed by atoms with Gasteiger partial charge in [0.05, 0.1) is 5.69 Å². The predicted octanol–water partition coefficient (Wildman–Crippen LogP) is 0.638. The Balaban J connectivity index is 1.69. The van der Waals surface area contributed by atoms with Gasteiger partial charge in [0, 0.05) is 19.3 Å². The Kier molecular flexibility index (Phi) is 4.73. The highest BCUT2D eigenvalue weighted by Gasteiger charge is 2.20. The Morgan fingerprint density at radius 3 is 2.91 bits per heavy atom. The molecule has 1 atom stereocenters. The molecule has 1 saturated heterocycles. The Hall–Kier alpha value is -2.18. The van der Waals surface area contributed by atoms with Crippen LogP contribution in [0, 0.1) is 5.92 Å². The lowest BCUT2D eigenvalue weighted by molar-refractivity contribution is 0.329. The zero-order chi connectivity index (χ0) is 16.2. The summed E-state index contributed by atoms with van der Waals surface area (Å²) in [5, 5.41) is 0. The van der Waals surface area contributed by atoms with Gasteiger partial charge in [-0.1, -0.05) is 12.1 Å². The quantitative estimate of drug-likeness (QED) is 0.845. The van der Waals surface area contributed by atoms with Gasteiger partial charge in [0.25, 0.3) is 0 Å². The Bertz CT molecular complexity index is 727. The normalized spacial score (nSPS) is 18.4. The van der Waals surface area contributed by atoms with E-state index in [1.807, 2.05) is 18.2 Å². The topological polar surface area (TPSA) is 90.2 Å². The monoisotopic (exact) mass is 313 g/mol. The maximum atomic E-state index is 11.9. The fourth-order valence-electron chi connectivity index (χ4n) is 3.07. The minimum Gasteiger partial charge on any atom is -0.383 e. The molecule has 0 bridgehead atoms. The van der Waals surface area contributed by atoms with Crippen molar-refractivity contribution in [3.63, 3.8) is 0 Å². The first-order valence-corrected chi connectivity index (χ1v) is 8.02. The van der Waals surface area contributed by atoms with Gasteiger partial charge in [-0.05, 0) is 55.6 Å². The van der Waals surface area contributed by atoms with Gasteiger partial charge in [0.2, 0.25) is 0 Å². The number of benzene rings is 1. The highest BCUT2D eigenvalue weighted by molar-refractivity contribution is 5.37. The van der Waals surface area contributed by atoms with Gasteiger partial charge < -0.3 is 16.4 Å². The van der Waals surface area contributed by atoms with E-state index in [-0.39, 0.29) is 11.5 Å². The summed E-state index contributed by atoms with van der Waals surface area (Å²) in [6, 6.07) is 9.64. The summed E-state index contributed by atoms with van der Waals surface area (Å²) in [6.45, 7) is 4.02. The van der Waals surface area contributed by atoms with E-state index in [0.717, 1.165) is 38.3 Å². The fraction of sp³-hybridized carbons (Fsp3) is 0.412. The van der Waals surface area contributed by atoms with Crippen LogP contribution in [0.5, 0.6) is 0 Å². The van der Waals surface area contributed by atoms with E-state index >= 15 is 0 Å². The third kappa shape index (κ3) is 3.78. The molecule has 23 heavy (non-hydrogen) atoms. The van der Waals surface area contributed by atoms with Gasteiger partial charge in [-0.15, -0.1) is 0 Å². The highest BCUT2D eigenvalue weighted by Crippen LogP contribution is 2.16. The molecule has 0 amide bonds. The summed E-state index contributed by atoms with van der Waals surface area (Å²) < 4.78 is 1.51. The number of nitrogen functional groups attached to an aromatic ring is 1. The molecule has 1 aromatic heterocycles. The van der Waals surface area contributed by atoms with Gasteiger partial charge in [0.1, 0.15) is 5.82 Å². The molecule has 1 aromatic carbocycles. The average Bonchev–Trinajstić information content (AvgIpc) is 3.01. The van der Waals surface area contributed by atoms with Crippen molar-refractivity contribution in [2.45, 2.75) is 12.8 Å². The number of anilines is 1. The summed E-state index contributed by atoms with van der Waals surface area (Å²) in [4.78, 5) is 18.2. The van der Waals surface area contributed by atoms with Crippen LogP contribution < -0.4 is 17.2 Å². The molecule has 1 aliphatic rings. The van der Waals surface area contributed by atoms with Crippen LogP contribution in [0.2, 0.25) is 0 Å². The summed E-state index contributed by atoms with van der Waals surface area (Å²) in [5.74, 6) is 0.881. The summed E-state index contributed by atoms with van der Waals surface area (Å²) in [7, 11) is 0. The van der Waals surface area contributed by atoms with Crippen molar-refractivity contribution >= 4 is 5.82 Å². The van der Waals surface area contributed by atoms with Crippen molar-refractivity contribution in [3.05, 3.63) is 52.6 Å². The van der Waals surface area contributed by atoms with Gasteiger partial charge in [0.15, 0.2) is 0 Å². The number of aromatic nitrogens is 2. The maximum absolute atomic E-state index is 11.9. The molecule has 122 valence electrons. The lowest BCUT2D eigenvalue weighted by atomic mass is 10.1. The molecule has 0 saturated carbocycles. The highest BCUT2D eigenvalue weighted by atomic mass is 16.1. The third-order valence-corrected chi connectivity index (χ3v) is 4.43. The van der Waals surface area contributed by atoms with Crippen LogP contribution in [0.15, 0.2) is 41.3 Å². The summed E-state index contributed by atoms with van der Waals surface area (Å²) >= 11 is 0. The standard InChI is InChI=1S/C17H23N5O/c18-11-14-5-8-21(12-14)7-4-13-2-1-3-15(10-13)22-9-6-16(19)20-17(22)23/h1-3,6,9-10,14H,4-5,7-8,11-12,18H2,(H2,19,20,23). The van der Waals surface area contributed by atoms with Gasteiger partial charge in [-0.3, -0.25) is 4.57 Å². The number of nitrogens with zero attached hydrogens (tertiary/aromatic N) is 3. The van der Waals surface area contributed by atoms with E-state index in [4.69, 9.17) is 11.5 Å². The minimum atomic E-state index is -0.354. The summed E-state index contributed by atoms with van der Waals surface area (Å²) in [6.07, 6.45) is 3.82. The number of hydrogen-bond acceptors (Lipinski definition) is 5. The number of hydrogen-bond donors (Lipinski definition) is 2. The van der Waals surface area contributed by atoms with Crippen LogP contribution in [0.3, 0.4) is 0 Å². The minimum absolute atomic E-state index is 0.242. The molecule has 1 unspecified atom stereocenters. The second-order valence-corrected chi connectivity index (χ2v) is 6.12. The smallest absolute Gasteiger partial charge is 0.354 e. The predicted molar refractivity (Wildman–Crippen MR) is 91.6 cm³/mol. The van der Waals surface area contributed by atoms with Crippen LogP contribution in [0.25, 0.3) is 5.69 Å². The molecule has 0 radical (unpaired) electrons. The van der Waals surface area contributed by atoms with Crippen LogP contribution >= 0.6 is 0 Å². The molecule has 6 nitrogen and oxygen atoms in total. The zero-order valence-corrected chi connectivity index (χ0v) is 13.2. The fourth-order valence-corrected chi connectivity index (χ4v) is 3.07. The van der Waals surface area contributed by atoms with Gasteiger partial charge >= 0.3 is 5.69 Å². The van der Waals surface area contributed by atoms with Crippen molar-refractivity contribution in [2.75, 3.05) is 31.9 Å². The molecular weight excluding hydrogens is 290 g/mol. The first-order chi connectivity index (χ1) is 11.2. The first-order valence-electron chi connectivity index (χ1n) is 8.02. The van der Waals surface area contributed by atoms with Crippen molar-refractivity contribution in [2.24, 2.45) is 11.7 Å². The SMILES string of the molecule is NCC1CCN(CCc2cccc(-n3ccc(N)nc3=O)c2)C1. The molecule has 1 aliphatic heterocycles. The first kappa shape index (κ1) is 15.7. The van der Waals surface area contributed by atoms with Gasteiger partial charge in [-0.25, -0.2) is 4.79 Å². The third-order valence-electron chi connectivity index (χ3n) is 4.43. The van der Waals surface area contributed by atoms with Gasteiger partial charge in [-0.2, -0.15) is 4.98 Å². The zero-order valence-electron chi connectivity index (χ0n) is 13.2. The van der Waals surface area contributed by atoms with Crippen LogP contribution in [0.4, 0.5) is 5.82 Å². The lowest BCUT2D eigenvalue weighted by Crippen LogP contribution is -2.25. The molecule has 2 aromatic rings. The Morgan fingerprint density at radius 1 is 1.30 bits per heavy atom. The molecule has 6 heteroatoms. The van der Waals surface area contributed by atoms with E-state index < -0.39 is 0 Å². The van der Waals surface area contributed by atoms with Crippen molar-refractivity contribution < 1.29 is 0 Å². The molecule has 3 rings (SSSR count). The molecule has 0 spiro atoms. The van der Waals surface area contributed by atoms with E-state index in [1.165, 1.54) is 16.6 Å². The van der Waals surface area contributed by atoms with Crippen molar-refractivity contribution in [1.82, 2.24) is 14.5 Å². The van der Waals surface area contributed by atoms with E-state index in [2.05, 4.69) is 16.0 Å². The van der Waals surface area contributed by atoms with E-state index in [1.54, 1.807) is 12.3 Å². The van der Waals surface area contributed by atoms with Crippen molar-refractivity contribution in [3.8, 4) is 5.69 Å². The second kappa shape index (κ2) is 6.93.